The highest BCUT2D eigenvalue weighted by molar-refractivity contribution is 9.10. The molecule has 0 radical (unpaired) electrons. The molecule has 6 nitrogen and oxygen atoms in total. The maximum absolute atomic E-state index is 11.4. The Balaban J connectivity index is 2.34. The molecule has 0 bridgehead atoms. The van der Waals surface area contributed by atoms with Crippen LogP contribution in [0.2, 0.25) is 0 Å². The number of hydrogen-bond acceptors (Lipinski definition) is 3. The fourth-order valence-electron chi connectivity index (χ4n) is 1.21. The van der Waals surface area contributed by atoms with Crippen LogP contribution in [0.3, 0.4) is 0 Å². The number of carbonyl (C=O) groups is 3. The molecule has 20 heavy (non-hydrogen) atoms. The van der Waals surface area contributed by atoms with Crippen LogP contribution >= 0.6 is 15.9 Å². The van der Waals surface area contributed by atoms with Crippen molar-refractivity contribution in [1.29, 1.82) is 0 Å². The molecule has 7 heteroatoms. The molecule has 0 spiro atoms. The van der Waals surface area contributed by atoms with E-state index < -0.39 is 24.3 Å². The van der Waals surface area contributed by atoms with Gasteiger partial charge in [-0.3, -0.25) is 14.4 Å². The second kappa shape index (κ2) is 8.11. The highest BCUT2D eigenvalue weighted by Crippen LogP contribution is 2.11. The molecule has 3 N–H and O–H groups in total. The van der Waals surface area contributed by atoms with Crippen LogP contribution in [-0.2, 0) is 14.4 Å². The van der Waals surface area contributed by atoms with Gasteiger partial charge in [-0.05, 0) is 23.8 Å². The van der Waals surface area contributed by atoms with Crippen molar-refractivity contribution in [2.75, 3.05) is 13.1 Å². The number of benzene rings is 1. The molecule has 1 aromatic carbocycles. The Morgan fingerprint density at radius 3 is 2.35 bits per heavy atom. The normalized spacial score (nSPS) is 10.2. The summed E-state index contributed by atoms with van der Waals surface area (Å²) >= 11 is 3.30. The lowest BCUT2D eigenvalue weighted by molar-refractivity contribution is -0.137. The molecule has 0 saturated carbocycles. The van der Waals surface area contributed by atoms with Gasteiger partial charge in [0.25, 0.3) is 0 Å². The van der Waals surface area contributed by atoms with Crippen molar-refractivity contribution in [2.45, 2.75) is 0 Å². The summed E-state index contributed by atoms with van der Waals surface area (Å²) in [4.78, 5) is 32.8. The number of hydrogen-bond donors (Lipinski definition) is 3. The summed E-state index contributed by atoms with van der Waals surface area (Å²) in [5, 5.41) is 12.8. The number of carboxylic acids is 1. The van der Waals surface area contributed by atoms with E-state index in [-0.39, 0.29) is 6.54 Å². The van der Waals surface area contributed by atoms with Crippen LogP contribution in [0.1, 0.15) is 5.56 Å². The maximum Gasteiger partial charge on any atom is 0.322 e. The second-order valence-corrected chi connectivity index (χ2v) is 4.69. The van der Waals surface area contributed by atoms with Crippen molar-refractivity contribution in [3.05, 3.63) is 40.4 Å². The third-order valence-electron chi connectivity index (χ3n) is 2.16. The molecule has 0 aromatic heterocycles. The molecule has 0 saturated heterocycles. The number of aliphatic carboxylic acids is 1. The third kappa shape index (κ3) is 6.69. The van der Waals surface area contributed by atoms with Crippen molar-refractivity contribution in [3.63, 3.8) is 0 Å². The summed E-state index contributed by atoms with van der Waals surface area (Å²) < 4.78 is 0.939. The lowest BCUT2D eigenvalue weighted by Crippen LogP contribution is -2.38. The van der Waals surface area contributed by atoms with Gasteiger partial charge >= 0.3 is 5.97 Å². The van der Waals surface area contributed by atoms with Gasteiger partial charge in [-0.15, -0.1) is 0 Å². The van der Waals surface area contributed by atoms with Crippen LogP contribution in [0.5, 0.6) is 0 Å². The highest BCUT2D eigenvalue weighted by atomic mass is 79.9. The van der Waals surface area contributed by atoms with Crippen LogP contribution in [0, 0.1) is 0 Å². The van der Waals surface area contributed by atoms with Gasteiger partial charge in [0.05, 0.1) is 6.54 Å². The summed E-state index contributed by atoms with van der Waals surface area (Å²) in [6, 6.07) is 7.34. The van der Waals surface area contributed by atoms with Crippen molar-refractivity contribution >= 4 is 39.8 Å². The number of rotatable bonds is 6. The average Bonchev–Trinajstić information content (AvgIpc) is 2.42. The molecule has 1 rings (SSSR count). The molecule has 106 valence electrons. The van der Waals surface area contributed by atoms with E-state index >= 15 is 0 Å². The van der Waals surface area contributed by atoms with E-state index in [1.54, 1.807) is 6.08 Å². The molecule has 0 unspecified atom stereocenters. The zero-order valence-electron chi connectivity index (χ0n) is 10.4. The Kier molecular flexibility index (Phi) is 6.45. The Bertz CT molecular complexity index is 526. The van der Waals surface area contributed by atoms with Crippen LogP contribution in [0.25, 0.3) is 6.08 Å². The molecule has 0 aliphatic heterocycles. The average molecular weight is 341 g/mol. The van der Waals surface area contributed by atoms with E-state index in [1.807, 2.05) is 24.3 Å². The lowest BCUT2D eigenvalue weighted by atomic mass is 10.2. The third-order valence-corrected chi connectivity index (χ3v) is 2.69. The molecule has 0 aliphatic rings. The number of nitrogens with one attached hydrogen (secondary N) is 2. The zero-order chi connectivity index (χ0) is 15.0. The van der Waals surface area contributed by atoms with Crippen LogP contribution in [0.4, 0.5) is 0 Å². The molecular formula is C13H13BrN2O4. The highest BCUT2D eigenvalue weighted by Gasteiger charge is 2.04. The predicted octanol–water partition coefficient (Wildman–Crippen LogP) is 0.779. The second-order valence-electron chi connectivity index (χ2n) is 3.77. The molecule has 0 heterocycles. The van der Waals surface area contributed by atoms with E-state index in [9.17, 15) is 14.4 Å². The predicted molar refractivity (Wildman–Crippen MR) is 76.8 cm³/mol. The summed E-state index contributed by atoms with van der Waals surface area (Å²) in [5.41, 5.74) is 0.846. The van der Waals surface area contributed by atoms with Gasteiger partial charge in [0.1, 0.15) is 6.54 Å². The lowest BCUT2D eigenvalue weighted by Gasteiger charge is -2.02. The van der Waals surface area contributed by atoms with E-state index in [2.05, 4.69) is 26.6 Å². The quantitative estimate of drug-likeness (QED) is 0.667. The SMILES string of the molecule is O=C(O)CNC(=O)CNC(=O)/C=C/c1ccc(Br)cc1. The number of amides is 2. The van der Waals surface area contributed by atoms with Gasteiger partial charge in [-0.25, -0.2) is 0 Å². The minimum Gasteiger partial charge on any atom is -0.480 e. The molecule has 1 aromatic rings. The fraction of sp³-hybridized carbons (Fsp3) is 0.154. The summed E-state index contributed by atoms with van der Waals surface area (Å²) in [6.07, 6.45) is 2.91. The Labute approximate surface area is 124 Å². The van der Waals surface area contributed by atoms with Gasteiger partial charge in [0.2, 0.25) is 11.8 Å². The first kappa shape index (κ1) is 15.9. The van der Waals surface area contributed by atoms with Gasteiger partial charge in [-0.2, -0.15) is 0 Å². The van der Waals surface area contributed by atoms with Gasteiger partial charge in [0.15, 0.2) is 0 Å². The largest absolute Gasteiger partial charge is 0.480 e. The molecule has 0 atom stereocenters. The van der Waals surface area contributed by atoms with E-state index in [4.69, 9.17) is 5.11 Å². The standard InChI is InChI=1S/C13H13BrN2O4/c14-10-4-1-9(2-5-10)3-6-11(17)15-7-12(18)16-8-13(19)20/h1-6H,7-8H2,(H,15,17)(H,16,18)(H,19,20)/b6-3+. The minimum atomic E-state index is -1.14. The summed E-state index contributed by atoms with van der Waals surface area (Å²) in [6.45, 7) is -0.736. The van der Waals surface area contributed by atoms with Crippen LogP contribution in [0.15, 0.2) is 34.8 Å². The van der Waals surface area contributed by atoms with Crippen LogP contribution < -0.4 is 10.6 Å². The van der Waals surface area contributed by atoms with Gasteiger partial charge in [0, 0.05) is 10.5 Å². The Hall–Kier alpha value is -2.15. The fourth-order valence-corrected chi connectivity index (χ4v) is 1.47. The summed E-state index contributed by atoms with van der Waals surface area (Å²) in [5.74, 6) is -2.13. The first-order valence-electron chi connectivity index (χ1n) is 5.67. The summed E-state index contributed by atoms with van der Waals surface area (Å²) in [7, 11) is 0. The number of carboxylic acid groups (broad SMARTS) is 1. The van der Waals surface area contributed by atoms with E-state index in [1.165, 1.54) is 6.08 Å². The molecule has 0 fully saturated rings. The number of halogens is 1. The first-order chi connectivity index (χ1) is 9.47. The molecular weight excluding hydrogens is 328 g/mol. The number of carbonyl (C=O) groups excluding carboxylic acids is 2. The van der Waals surface area contributed by atoms with Crippen molar-refractivity contribution in [3.8, 4) is 0 Å². The Morgan fingerprint density at radius 2 is 1.75 bits per heavy atom. The first-order valence-corrected chi connectivity index (χ1v) is 6.46. The van der Waals surface area contributed by atoms with Gasteiger partial charge in [-0.1, -0.05) is 28.1 Å². The Morgan fingerprint density at radius 1 is 1.10 bits per heavy atom. The monoisotopic (exact) mass is 340 g/mol. The molecule has 2 amide bonds. The van der Waals surface area contributed by atoms with Crippen molar-refractivity contribution in [2.24, 2.45) is 0 Å². The minimum absolute atomic E-state index is 0.267. The smallest absolute Gasteiger partial charge is 0.322 e. The van der Waals surface area contributed by atoms with E-state index in [0.29, 0.717) is 0 Å². The maximum atomic E-state index is 11.4. The van der Waals surface area contributed by atoms with Crippen molar-refractivity contribution in [1.82, 2.24) is 10.6 Å². The van der Waals surface area contributed by atoms with Crippen molar-refractivity contribution < 1.29 is 19.5 Å². The van der Waals surface area contributed by atoms with Crippen LogP contribution in [-0.4, -0.2) is 36.0 Å². The zero-order valence-corrected chi connectivity index (χ0v) is 12.0. The van der Waals surface area contributed by atoms with Gasteiger partial charge < -0.3 is 15.7 Å². The molecule has 0 aliphatic carbocycles. The topological polar surface area (TPSA) is 95.5 Å². The van der Waals surface area contributed by atoms with E-state index in [0.717, 1.165) is 10.0 Å².